The molecule has 1 N–H and O–H groups in total. The zero-order valence-corrected chi connectivity index (χ0v) is 20.1. The molecule has 0 fully saturated rings. The van der Waals surface area contributed by atoms with E-state index >= 15 is 0 Å². The predicted molar refractivity (Wildman–Crippen MR) is 136 cm³/mol. The monoisotopic (exact) mass is 461 g/mol. The lowest BCUT2D eigenvalue weighted by Gasteiger charge is -2.30. The highest BCUT2D eigenvalue weighted by atomic mass is 32.1. The van der Waals surface area contributed by atoms with Gasteiger partial charge in [-0.25, -0.2) is 4.98 Å². The summed E-state index contributed by atoms with van der Waals surface area (Å²) in [5, 5.41) is 5.22. The lowest BCUT2D eigenvalue weighted by molar-refractivity contribution is -0.116. The summed E-state index contributed by atoms with van der Waals surface area (Å²) in [6, 6.07) is 19.0. The van der Waals surface area contributed by atoms with Crippen LogP contribution in [0, 0.1) is 0 Å². The Kier molecular flexibility index (Phi) is 6.09. The maximum Gasteiger partial charge on any atom is 0.225 e. The number of hydrogen-bond acceptors (Lipinski definition) is 5. The lowest BCUT2D eigenvalue weighted by Crippen LogP contribution is -2.35. The van der Waals surface area contributed by atoms with Gasteiger partial charge in [0.1, 0.15) is 10.0 Å². The third-order valence-electron chi connectivity index (χ3n) is 6.06. The van der Waals surface area contributed by atoms with Gasteiger partial charge in [0.15, 0.2) is 0 Å². The van der Waals surface area contributed by atoms with Crippen molar-refractivity contribution >= 4 is 43.8 Å². The molecular formula is C26H27N3OS2. The second-order valence-corrected chi connectivity index (χ2v) is 10.7. The van der Waals surface area contributed by atoms with E-state index in [-0.39, 0.29) is 5.91 Å². The standard InChI is InChI=1S/C26H27N3OS2/c1-17(2)29-15-14-19-22(16-29)32-26(28-23(30)13-12-18-8-4-3-5-9-18)24(19)25-27-20-10-6-7-11-21(20)31-25/h3-11,17H,12-16H2,1-2H3,(H,28,30). The number of benzene rings is 2. The van der Waals surface area contributed by atoms with E-state index in [1.54, 1.807) is 22.7 Å². The van der Waals surface area contributed by atoms with Crippen LogP contribution >= 0.6 is 22.7 Å². The summed E-state index contributed by atoms with van der Waals surface area (Å²) in [5.41, 5.74) is 4.72. The molecule has 0 spiro atoms. The maximum atomic E-state index is 12.9. The Morgan fingerprint density at radius 1 is 1.09 bits per heavy atom. The van der Waals surface area contributed by atoms with Crippen LogP contribution in [0.1, 0.15) is 36.3 Å². The topological polar surface area (TPSA) is 45.2 Å². The van der Waals surface area contributed by atoms with Crippen molar-refractivity contribution < 1.29 is 4.79 Å². The molecular weight excluding hydrogens is 434 g/mol. The molecule has 2 aromatic carbocycles. The Bertz CT molecular complexity index is 1210. The van der Waals surface area contributed by atoms with Crippen molar-refractivity contribution in [3.05, 3.63) is 70.6 Å². The van der Waals surface area contributed by atoms with Crippen molar-refractivity contribution in [3.63, 3.8) is 0 Å². The molecule has 5 rings (SSSR count). The molecule has 32 heavy (non-hydrogen) atoms. The molecule has 2 aromatic heterocycles. The van der Waals surface area contributed by atoms with Crippen molar-refractivity contribution in [2.24, 2.45) is 0 Å². The summed E-state index contributed by atoms with van der Waals surface area (Å²) in [6.07, 6.45) is 2.22. The van der Waals surface area contributed by atoms with Crippen molar-refractivity contribution in [2.75, 3.05) is 11.9 Å². The van der Waals surface area contributed by atoms with Gasteiger partial charge in [-0.2, -0.15) is 0 Å². The van der Waals surface area contributed by atoms with E-state index in [0.717, 1.165) is 47.0 Å². The zero-order chi connectivity index (χ0) is 22.1. The first kappa shape index (κ1) is 21.3. The van der Waals surface area contributed by atoms with Crippen molar-refractivity contribution in [1.82, 2.24) is 9.88 Å². The fourth-order valence-electron chi connectivity index (χ4n) is 4.25. The van der Waals surface area contributed by atoms with Gasteiger partial charge in [0.05, 0.1) is 10.2 Å². The van der Waals surface area contributed by atoms with Gasteiger partial charge in [0, 0.05) is 36.0 Å². The lowest BCUT2D eigenvalue weighted by atomic mass is 10.0. The third-order valence-corrected chi connectivity index (χ3v) is 8.25. The summed E-state index contributed by atoms with van der Waals surface area (Å²) in [7, 11) is 0. The first-order valence-electron chi connectivity index (χ1n) is 11.2. The molecule has 3 heterocycles. The number of nitrogens with one attached hydrogen (secondary N) is 1. The molecule has 0 saturated carbocycles. The van der Waals surface area contributed by atoms with E-state index in [2.05, 4.69) is 54.4 Å². The minimum Gasteiger partial charge on any atom is -0.317 e. The number of para-hydroxylation sites is 1. The molecule has 1 aliphatic rings. The van der Waals surface area contributed by atoms with Crippen LogP contribution in [-0.4, -0.2) is 28.4 Å². The number of rotatable bonds is 6. The maximum absolute atomic E-state index is 12.9. The Hall–Kier alpha value is -2.54. The smallest absolute Gasteiger partial charge is 0.225 e. The first-order chi connectivity index (χ1) is 15.6. The van der Waals surface area contributed by atoms with Crippen molar-refractivity contribution in [3.8, 4) is 10.6 Å². The van der Waals surface area contributed by atoms with Crippen molar-refractivity contribution in [2.45, 2.75) is 45.7 Å². The second kappa shape index (κ2) is 9.14. The number of fused-ring (bicyclic) bond motifs is 2. The minimum absolute atomic E-state index is 0.0653. The number of amides is 1. The van der Waals surface area contributed by atoms with Crippen LogP contribution in [0.15, 0.2) is 54.6 Å². The molecule has 0 saturated heterocycles. The van der Waals surface area contributed by atoms with E-state index in [4.69, 9.17) is 4.98 Å². The normalized spacial score (nSPS) is 14.1. The number of thiazole rings is 1. The van der Waals surface area contributed by atoms with Gasteiger partial charge in [0.2, 0.25) is 5.91 Å². The Balaban J connectivity index is 1.46. The Morgan fingerprint density at radius 3 is 2.66 bits per heavy atom. The van der Waals surface area contributed by atoms with Crippen molar-refractivity contribution in [1.29, 1.82) is 0 Å². The van der Waals surface area contributed by atoms with Crippen LogP contribution in [0.2, 0.25) is 0 Å². The minimum atomic E-state index is 0.0653. The SMILES string of the molecule is CC(C)N1CCc2c(sc(NC(=O)CCc3ccccc3)c2-c2nc3ccccc3s2)C1. The fourth-order valence-corrected chi connectivity index (χ4v) is 6.65. The van der Waals surface area contributed by atoms with E-state index in [1.807, 2.05) is 24.3 Å². The predicted octanol–water partition coefficient (Wildman–Crippen LogP) is 6.36. The molecule has 6 heteroatoms. The molecule has 164 valence electrons. The number of anilines is 1. The second-order valence-electron chi connectivity index (χ2n) is 8.54. The van der Waals surface area contributed by atoms with Gasteiger partial charge in [-0.3, -0.25) is 9.69 Å². The number of aryl methyl sites for hydroxylation is 1. The highest BCUT2D eigenvalue weighted by Crippen LogP contribution is 2.45. The van der Waals surface area contributed by atoms with Crippen LogP contribution in [-0.2, 0) is 24.2 Å². The van der Waals surface area contributed by atoms with Crippen LogP contribution < -0.4 is 5.32 Å². The summed E-state index contributed by atoms with van der Waals surface area (Å²) in [6.45, 7) is 6.48. The number of aromatic nitrogens is 1. The quantitative estimate of drug-likeness (QED) is 0.363. The van der Waals surface area contributed by atoms with Crippen LogP contribution in [0.5, 0.6) is 0 Å². The Morgan fingerprint density at radius 2 is 1.88 bits per heavy atom. The average Bonchev–Trinajstić information content (AvgIpc) is 3.38. The molecule has 0 atom stereocenters. The summed E-state index contributed by atoms with van der Waals surface area (Å²) in [4.78, 5) is 21.7. The number of carbonyl (C=O) groups excluding carboxylic acids is 1. The summed E-state index contributed by atoms with van der Waals surface area (Å²) in [5.74, 6) is 0.0653. The highest BCUT2D eigenvalue weighted by molar-refractivity contribution is 7.22. The third kappa shape index (κ3) is 4.35. The van der Waals surface area contributed by atoms with Gasteiger partial charge in [-0.15, -0.1) is 22.7 Å². The van der Waals surface area contributed by atoms with E-state index < -0.39 is 0 Å². The van der Waals surface area contributed by atoms with Gasteiger partial charge >= 0.3 is 0 Å². The van der Waals surface area contributed by atoms with Gasteiger partial charge in [0.25, 0.3) is 0 Å². The van der Waals surface area contributed by atoms with E-state index in [9.17, 15) is 4.79 Å². The number of nitrogens with zero attached hydrogens (tertiary/aromatic N) is 2. The average molecular weight is 462 g/mol. The molecule has 1 amide bonds. The van der Waals surface area contributed by atoms with E-state index in [1.165, 1.54) is 20.7 Å². The molecule has 0 radical (unpaired) electrons. The van der Waals surface area contributed by atoms with Crippen LogP contribution in [0.25, 0.3) is 20.8 Å². The number of hydrogen-bond donors (Lipinski definition) is 1. The summed E-state index contributed by atoms with van der Waals surface area (Å²) >= 11 is 3.45. The van der Waals surface area contributed by atoms with Gasteiger partial charge in [-0.05, 0) is 49.9 Å². The van der Waals surface area contributed by atoms with Crippen LogP contribution in [0.3, 0.4) is 0 Å². The largest absolute Gasteiger partial charge is 0.317 e. The first-order valence-corrected chi connectivity index (χ1v) is 12.8. The molecule has 1 aliphatic heterocycles. The number of thiophene rings is 1. The fraction of sp³-hybridized carbons (Fsp3) is 0.308. The molecule has 4 nitrogen and oxygen atoms in total. The molecule has 0 unspecified atom stereocenters. The molecule has 0 bridgehead atoms. The zero-order valence-electron chi connectivity index (χ0n) is 18.4. The molecule has 4 aromatic rings. The highest BCUT2D eigenvalue weighted by Gasteiger charge is 2.28. The summed E-state index contributed by atoms with van der Waals surface area (Å²) < 4.78 is 1.18. The van der Waals surface area contributed by atoms with Gasteiger partial charge in [-0.1, -0.05) is 42.5 Å². The van der Waals surface area contributed by atoms with E-state index in [0.29, 0.717) is 12.5 Å². The van der Waals surface area contributed by atoms with Gasteiger partial charge < -0.3 is 5.32 Å². The Labute approximate surface area is 196 Å². The molecule has 0 aliphatic carbocycles. The van der Waals surface area contributed by atoms with Crippen LogP contribution in [0.4, 0.5) is 5.00 Å². The number of carbonyl (C=O) groups is 1.